The van der Waals surface area contributed by atoms with Crippen LogP contribution in [-0.2, 0) is 11.2 Å². The summed E-state index contributed by atoms with van der Waals surface area (Å²) in [5.41, 5.74) is 2.57. The van der Waals surface area contributed by atoms with Gasteiger partial charge in [0.1, 0.15) is 0 Å². The summed E-state index contributed by atoms with van der Waals surface area (Å²) in [6.45, 7) is 12.3. The molecule has 0 atom stereocenters. The number of unbranched alkanes of at least 4 members (excludes halogenated alkanes) is 2. The van der Waals surface area contributed by atoms with Gasteiger partial charge in [0.25, 0.3) is 0 Å². The summed E-state index contributed by atoms with van der Waals surface area (Å²) in [7, 11) is 0. The van der Waals surface area contributed by atoms with Crippen molar-refractivity contribution in [1.29, 1.82) is 0 Å². The minimum Gasteiger partial charge on any atom is -0.502 e. The lowest BCUT2D eigenvalue weighted by Crippen LogP contribution is -1.84. The van der Waals surface area contributed by atoms with Gasteiger partial charge in [-0.1, -0.05) is 70.2 Å². The Hall–Kier alpha value is -1.50. The summed E-state index contributed by atoms with van der Waals surface area (Å²) in [5.74, 6) is 0. The molecule has 1 rings (SSSR count). The van der Waals surface area contributed by atoms with E-state index in [-0.39, 0.29) is 0 Å². The molecular weight excluding hydrogens is 220 g/mol. The molecule has 0 heterocycles. The predicted molar refractivity (Wildman–Crippen MR) is 81.6 cm³/mol. The summed E-state index contributed by atoms with van der Waals surface area (Å²) in [4.78, 5) is 0. The van der Waals surface area contributed by atoms with Gasteiger partial charge in [0.2, 0.25) is 0 Å². The Labute approximate surface area is 112 Å². The van der Waals surface area contributed by atoms with Gasteiger partial charge < -0.3 is 4.74 Å². The molecule has 1 aromatic rings. The topological polar surface area (TPSA) is 9.23 Å². The van der Waals surface area contributed by atoms with Crippen LogP contribution in [0, 0.1) is 0 Å². The number of hydrogen-bond donors (Lipinski definition) is 0. The normalized spacial score (nSPS) is 9.00. The first-order valence-corrected chi connectivity index (χ1v) is 6.72. The smallest absolute Gasteiger partial charge is 0.0873 e. The van der Waals surface area contributed by atoms with Crippen LogP contribution >= 0.6 is 0 Å². The summed E-state index contributed by atoms with van der Waals surface area (Å²) >= 11 is 0. The van der Waals surface area contributed by atoms with Crippen LogP contribution in [0.5, 0.6) is 0 Å². The summed E-state index contributed by atoms with van der Waals surface area (Å²) in [6.07, 6.45) is 8.13. The molecule has 0 saturated heterocycles. The van der Waals surface area contributed by atoms with Crippen LogP contribution < -0.4 is 0 Å². The molecule has 0 fully saturated rings. The van der Waals surface area contributed by atoms with Gasteiger partial charge in [-0.25, -0.2) is 0 Å². The van der Waals surface area contributed by atoms with Crippen LogP contribution in [0.25, 0.3) is 6.08 Å². The fraction of sp³-hybridized carbons (Fsp3) is 0.412. The van der Waals surface area contributed by atoms with Crippen molar-refractivity contribution in [3.05, 3.63) is 54.8 Å². The Morgan fingerprint density at radius 3 is 2.17 bits per heavy atom. The van der Waals surface area contributed by atoms with E-state index in [9.17, 15) is 0 Å². The summed E-state index contributed by atoms with van der Waals surface area (Å²) in [5, 5.41) is 0. The Morgan fingerprint density at radius 1 is 1.06 bits per heavy atom. The largest absolute Gasteiger partial charge is 0.502 e. The maximum absolute atomic E-state index is 4.90. The van der Waals surface area contributed by atoms with Gasteiger partial charge in [0, 0.05) is 0 Å². The van der Waals surface area contributed by atoms with Crippen LogP contribution in [0.15, 0.2) is 43.7 Å². The highest BCUT2D eigenvalue weighted by atomic mass is 16.5. The van der Waals surface area contributed by atoms with Crippen molar-refractivity contribution in [1.82, 2.24) is 0 Å². The highest BCUT2D eigenvalue weighted by molar-refractivity contribution is 5.47. The molecule has 1 nitrogen and oxygen atoms in total. The van der Waals surface area contributed by atoms with E-state index >= 15 is 0 Å². The second kappa shape index (κ2) is 12.0. The number of aryl methyl sites for hydroxylation is 1. The van der Waals surface area contributed by atoms with Crippen LogP contribution in [0.4, 0.5) is 0 Å². The van der Waals surface area contributed by atoms with Crippen molar-refractivity contribution in [2.24, 2.45) is 0 Å². The monoisotopic (exact) mass is 246 g/mol. The second-order valence-electron chi connectivity index (χ2n) is 4.04. The lowest BCUT2D eigenvalue weighted by atomic mass is 10.1. The van der Waals surface area contributed by atoms with E-state index in [2.05, 4.69) is 51.3 Å². The first-order chi connectivity index (χ1) is 8.78. The van der Waals surface area contributed by atoms with Crippen LogP contribution in [0.2, 0.25) is 0 Å². The molecule has 18 heavy (non-hydrogen) atoms. The van der Waals surface area contributed by atoms with Crippen molar-refractivity contribution in [2.45, 2.75) is 39.5 Å². The van der Waals surface area contributed by atoms with Gasteiger partial charge in [-0.2, -0.15) is 0 Å². The van der Waals surface area contributed by atoms with E-state index in [0.717, 1.165) is 19.4 Å². The van der Waals surface area contributed by atoms with Crippen molar-refractivity contribution in [3.63, 3.8) is 0 Å². The van der Waals surface area contributed by atoms with E-state index in [1.165, 1.54) is 30.2 Å². The molecule has 100 valence electrons. The number of ether oxygens (including phenoxy) is 1. The number of hydrogen-bond acceptors (Lipinski definition) is 1. The molecule has 1 aromatic carbocycles. The fourth-order valence-corrected chi connectivity index (χ4v) is 1.41. The number of benzene rings is 1. The van der Waals surface area contributed by atoms with Crippen LogP contribution in [0.1, 0.15) is 44.2 Å². The molecular formula is C17H26O. The average molecular weight is 246 g/mol. The third-order valence-electron chi connectivity index (χ3n) is 2.61. The molecule has 0 aliphatic carbocycles. The quantitative estimate of drug-likeness (QED) is 0.473. The zero-order valence-corrected chi connectivity index (χ0v) is 11.8. The van der Waals surface area contributed by atoms with Crippen LogP contribution in [-0.4, -0.2) is 6.61 Å². The predicted octanol–water partition coefficient (Wildman–Crippen LogP) is 5.23. The fourth-order valence-electron chi connectivity index (χ4n) is 1.41. The molecule has 0 saturated carbocycles. The molecule has 1 heteroatoms. The van der Waals surface area contributed by atoms with Gasteiger partial charge in [-0.3, -0.25) is 0 Å². The van der Waals surface area contributed by atoms with E-state index in [1.54, 1.807) is 0 Å². The first-order valence-electron chi connectivity index (χ1n) is 6.72. The highest BCUT2D eigenvalue weighted by Gasteiger charge is 1.86. The van der Waals surface area contributed by atoms with Gasteiger partial charge in [-0.15, -0.1) is 0 Å². The third-order valence-corrected chi connectivity index (χ3v) is 2.61. The van der Waals surface area contributed by atoms with Crippen molar-refractivity contribution >= 4 is 6.08 Å². The molecule has 0 unspecified atom stereocenters. The maximum atomic E-state index is 4.90. The molecule has 0 bridgehead atoms. The standard InChI is InChI=1S/C10H12.C7H14O/c1-3-9-5-7-10(4-2)8-6-9;1-3-5-6-7-8-4-2/h3,5-8H,1,4H2,2H3;4H,2-3,5-7H2,1H3. The minimum atomic E-state index is 0.831. The van der Waals surface area contributed by atoms with E-state index in [0.29, 0.717) is 0 Å². The maximum Gasteiger partial charge on any atom is 0.0873 e. The molecule has 0 aliphatic heterocycles. The SMILES string of the molecule is C=COCCCCC.C=Cc1ccc(CC)cc1. The van der Waals surface area contributed by atoms with Gasteiger partial charge in [-0.05, 0) is 24.0 Å². The van der Waals surface area contributed by atoms with Gasteiger partial charge in [0.15, 0.2) is 0 Å². The Balaban J connectivity index is 0.000000331. The van der Waals surface area contributed by atoms with E-state index < -0.39 is 0 Å². The molecule has 0 radical (unpaired) electrons. The third kappa shape index (κ3) is 8.63. The van der Waals surface area contributed by atoms with Crippen molar-refractivity contribution in [2.75, 3.05) is 6.61 Å². The summed E-state index contributed by atoms with van der Waals surface area (Å²) < 4.78 is 4.90. The Morgan fingerprint density at radius 2 is 1.72 bits per heavy atom. The minimum absolute atomic E-state index is 0.831. The lowest BCUT2D eigenvalue weighted by molar-refractivity contribution is 0.243. The molecule has 0 aromatic heterocycles. The molecule has 0 amide bonds. The van der Waals surface area contributed by atoms with Gasteiger partial charge in [0.05, 0.1) is 12.9 Å². The second-order valence-corrected chi connectivity index (χ2v) is 4.04. The van der Waals surface area contributed by atoms with Crippen LogP contribution in [0.3, 0.4) is 0 Å². The molecule has 0 spiro atoms. The van der Waals surface area contributed by atoms with Crippen molar-refractivity contribution in [3.8, 4) is 0 Å². The Bertz CT molecular complexity index is 311. The lowest BCUT2D eigenvalue weighted by Gasteiger charge is -1.96. The zero-order chi connectivity index (χ0) is 13.6. The zero-order valence-electron chi connectivity index (χ0n) is 11.8. The average Bonchev–Trinajstić information content (AvgIpc) is 2.44. The Kier molecular flexibility index (Phi) is 11.0. The van der Waals surface area contributed by atoms with E-state index in [1.807, 2.05) is 6.08 Å². The van der Waals surface area contributed by atoms with E-state index in [4.69, 9.17) is 4.74 Å². The molecule has 0 aliphatic rings. The first kappa shape index (κ1) is 16.5. The number of rotatable bonds is 7. The van der Waals surface area contributed by atoms with Crippen molar-refractivity contribution < 1.29 is 4.74 Å². The highest BCUT2D eigenvalue weighted by Crippen LogP contribution is 2.05. The van der Waals surface area contributed by atoms with Gasteiger partial charge >= 0.3 is 0 Å². The molecule has 0 N–H and O–H groups in total. The summed E-state index contributed by atoms with van der Waals surface area (Å²) in [6, 6.07) is 8.45.